The van der Waals surface area contributed by atoms with Gasteiger partial charge in [-0.05, 0) is 24.3 Å². The van der Waals surface area contributed by atoms with Gasteiger partial charge in [-0.2, -0.15) is 4.31 Å². The van der Waals surface area contributed by atoms with Gasteiger partial charge >= 0.3 is 0 Å². The molecule has 7 heteroatoms. The number of sulfonamides is 1. The van der Waals surface area contributed by atoms with Crippen LogP contribution >= 0.6 is 11.3 Å². The highest BCUT2D eigenvalue weighted by atomic mass is 32.2. The zero-order valence-electron chi connectivity index (χ0n) is 10.4. The molecular formula is C11H16N2O3S2. The predicted octanol–water partition coefficient (Wildman–Crippen LogP) is 0.989. The summed E-state index contributed by atoms with van der Waals surface area (Å²) in [6, 6.07) is 2.73. The van der Waals surface area contributed by atoms with E-state index in [1.54, 1.807) is 31.6 Å². The van der Waals surface area contributed by atoms with Crippen molar-refractivity contribution in [1.82, 2.24) is 9.21 Å². The Balaban J connectivity index is 2.30. The van der Waals surface area contributed by atoms with Crippen LogP contribution in [0.4, 0.5) is 0 Å². The van der Waals surface area contributed by atoms with Gasteiger partial charge < -0.3 is 4.90 Å². The predicted molar refractivity (Wildman–Crippen MR) is 69.9 cm³/mol. The number of hydrogen-bond acceptors (Lipinski definition) is 4. The van der Waals surface area contributed by atoms with E-state index >= 15 is 0 Å². The maximum Gasteiger partial charge on any atom is 0.253 e. The van der Waals surface area contributed by atoms with E-state index in [1.807, 2.05) is 0 Å². The number of likely N-dealkylation sites (N-methyl/N-ethyl adjacent to an activating group) is 1. The van der Waals surface area contributed by atoms with Gasteiger partial charge in [0.05, 0.1) is 0 Å². The maximum absolute atomic E-state index is 12.4. The molecule has 0 saturated carbocycles. The van der Waals surface area contributed by atoms with Gasteiger partial charge in [0.15, 0.2) is 0 Å². The molecule has 5 nitrogen and oxygen atoms in total. The summed E-state index contributed by atoms with van der Waals surface area (Å²) in [7, 11) is -0.220. The first-order valence-electron chi connectivity index (χ1n) is 5.71. The summed E-state index contributed by atoms with van der Waals surface area (Å²) < 4.78 is 26.4. The van der Waals surface area contributed by atoms with Crippen LogP contribution in [0.15, 0.2) is 21.7 Å². The first kappa shape index (κ1) is 13.5. The normalized spacial score (nSPS) is 21.1. The van der Waals surface area contributed by atoms with Crippen LogP contribution in [0.25, 0.3) is 0 Å². The zero-order chi connectivity index (χ0) is 13.3. The van der Waals surface area contributed by atoms with E-state index in [0.717, 1.165) is 6.42 Å². The Bertz CT molecular complexity index is 522. The third kappa shape index (κ3) is 2.30. The summed E-state index contributed by atoms with van der Waals surface area (Å²) in [5, 5.41) is 1.73. The van der Waals surface area contributed by atoms with Crippen molar-refractivity contribution in [2.45, 2.75) is 23.1 Å². The molecule has 0 aromatic carbocycles. The second-order valence-electron chi connectivity index (χ2n) is 4.44. The second-order valence-corrected chi connectivity index (χ2v) is 7.50. The Hall–Kier alpha value is -0.920. The van der Waals surface area contributed by atoms with Gasteiger partial charge in [0.25, 0.3) is 10.0 Å². The Morgan fingerprint density at radius 3 is 2.78 bits per heavy atom. The van der Waals surface area contributed by atoms with Crippen molar-refractivity contribution in [3.05, 3.63) is 17.5 Å². The van der Waals surface area contributed by atoms with E-state index in [4.69, 9.17) is 0 Å². The molecule has 2 rings (SSSR count). The van der Waals surface area contributed by atoms with Gasteiger partial charge in [-0.3, -0.25) is 4.79 Å². The average molecular weight is 288 g/mol. The molecule has 1 aliphatic heterocycles. The molecule has 1 saturated heterocycles. The molecule has 1 aliphatic rings. The van der Waals surface area contributed by atoms with Crippen molar-refractivity contribution in [2.75, 3.05) is 20.6 Å². The van der Waals surface area contributed by atoms with Gasteiger partial charge in [-0.25, -0.2) is 8.42 Å². The Morgan fingerprint density at radius 2 is 2.22 bits per heavy atom. The van der Waals surface area contributed by atoms with Gasteiger partial charge in [0.2, 0.25) is 5.91 Å². The lowest BCUT2D eigenvalue weighted by Crippen LogP contribution is -2.45. The van der Waals surface area contributed by atoms with Crippen LogP contribution in [-0.4, -0.2) is 50.2 Å². The van der Waals surface area contributed by atoms with Crippen molar-refractivity contribution in [2.24, 2.45) is 0 Å². The monoisotopic (exact) mass is 288 g/mol. The minimum absolute atomic E-state index is 0.146. The van der Waals surface area contributed by atoms with E-state index < -0.39 is 16.1 Å². The van der Waals surface area contributed by atoms with Crippen molar-refractivity contribution < 1.29 is 13.2 Å². The molecule has 1 amide bonds. The summed E-state index contributed by atoms with van der Waals surface area (Å²) >= 11 is 1.18. The molecule has 0 N–H and O–H groups in total. The molecule has 1 aromatic rings. The van der Waals surface area contributed by atoms with Crippen LogP contribution in [0.2, 0.25) is 0 Å². The Morgan fingerprint density at radius 1 is 1.50 bits per heavy atom. The second kappa shape index (κ2) is 4.99. The summed E-state index contributed by atoms with van der Waals surface area (Å²) in [6.45, 7) is 0.421. The van der Waals surface area contributed by atoms with Gasteiger partial charge in [-0.1, -0.05) is 6.07 Å². The number of carbonyl (C=O) groups is 1. The van der Waals surface area contributed by atoms with Crippen LogP contribution in [-0.2, 0) is 14.8 Å². The molecule has 100 valence electrons. The molecular weight excluding hydrogens is 272 g/mol. The fraction of sp³-hybridized carbons (Fsp3) is 0.545. The molecule has 0 aliphatic carbocycles. The zero-order valence-corrected chi connectivity index (χ0v) is 12.0. The number of carbonyl (C=O) groups excluding carboxylic acids is 1. The minimum atomic E-state index is -3.52. The third-order valence-electron chi connectivity index (χ3n) is 2.99. The molecule has 0 spiro atoms. The van der Waals surface area contributed by atoms with Crippen LogP contribution in [0, 0.1) is 0 Å². The molecule has 2 heterocycles. The van der Waals surface area contributed by atoms with E-state index in [9.17, 15) is 13.2 Å². The quantitative estimate of drug-likeness (QED) is 0.833. The third-order valence-corrected chi connectivity index (χ3v) is 6.27. The summed E-state index contributed by atoms with van der Waals surface area (Å²) in [4.78, 5) is 13.4. The number of rotatable bonds is 3. The van der Waals surface area contributed by atoms with Crippen LogP contribution in [0.3, 0.4) is 0 Å². The van der Waals surface area contributed by atoms with Crippen molar-refractivity contribution in [3.8, 4) is 0 Å². The highest BCUT2D eigenvalue weighted by molar-refractivity contribution is 7.91. The van der Waals surface area contributed by atoms with Crippen LogP contribution in [0.1, 0.15) is 12.8 Å². The number of thiophene rings is 1. The SMILES string of the molecule is CN(C)C(=O)C1CCCN1S(=O)(=O)c1cccs1. The van der Waals surface area contributed by atoms with E-state index in [-0.39, 0.29) is 5.91 Å². The molecule has 0 bridgehead atoms. The lowest BCUT2D eigenvalue weighted by molar-refractivity contribution is -0.132. The fourth-order valence-electron chi connectivity index (χ4n) is 2.10. The summed E-state index contributed by atoms with van der Waals surface area (Å²) in [5.74, 6) is -0.146. The van der Waals surface area contributed by atoms with Gasteiger partial charge in [0, 0.05) is 20.6 Å². The first-order chi connectivity index (χ1) is 8.44. The van der Waals surface area contributed by atoms with Crippen LogP contribution in [0.5, 0.6) is 0 Å². The lowest BCUT2D eigenvalue weighted by Gasteiger charge is -2.24. The molecule has 1 atom stereocenters. The van der Waals surface area contributed by atoms with Crippen molar-refractivity contribution >= 4 is 27.3 Å². The first-order valence-corrected chi connectivity index (χ1v) is 8.03. The van der Waals surface area contributed by atoms with Gasteiger partial charge in [0.1, 0.15) is 10.3 Å². The standard InChI is InChI=1S/C11H16N2O3S2/c1-12(2)11(14)9-5-3-7-13(9)18(15,16)10-6-4-8-17-10/h4,6,8-9H,3,5,7H2,1-2H3. The smallest absolute Gasteiger partial charge is 0.253 e. The number of hydrogen-bond donors (Lipinski definition) is 0. The minimum Gasteiger partial charge on any atom is -0.347 e. The van der Waals surface area contributed by atoms with E-state index in [0.29, 0.717) is 17.2 Å². The molecule has 0 radical (unpaired) electrons. The molecule has 1 aromatic heterocycles. The van der Waals surface area contributed by atoms with E-state index in [2.05, 4.69) is 0 Å². The average Bonchev–Trinajstić information content (AvgIpc) is 2.99. The Kier molecular flexibility index (Phi) is 3.74. The molecule has 1 unspecified atom stereocenters. The Labute approximate surface area is 111 Å². The lowest BCUT2D eigenvalue weighted by atomic mass is 10.2. The molecule has 1 fully saturated rings. The van der Waals surface area contributed by atoms with E-state index in [1.165, 1.54) is 20.5 Å². The fourth-order valence-corrected chi connectivity index (χ4v) is 4.87. The number of nitrogens with zero attached hydrogens (tertiary/aromatic N) is 2. The highest BCUT2D eigenvalue weighted by Crippen LogP contribution is 2.29. The van der Waals surface area contributed by atoms with Crippen molar-refractivity contribution in [3.63, 3.8) is 0 Å². The maximum atomic E-state index is 12.4. The topological polar surface area (TPSA) is 57.7 Å². The van der Waals surface area contributed by atoms with Crippen LogP contribution < -0.4 is 0 Å². The largest absolute Gasteiger partial charge is 0.347 e. The number of amides is 1. The van der Waals surface area contributed by atoms with Gasteiger partial charge in [-0.15, -0.1) is 11.3 Å². The summed E-state index contributed by atoms with van der Waals surface area (Å²) in [5.41, 5.74) is 0. The van der Waals surface area contributed by atoms with Crippen molar-refractivity contribution in [1.29, 1.82) is 0 Å². The molecule has 18 heavy (non-hydrogen) atoms. The summed E-state index contributed by atoms with van der Waals surface area (Å²) in [6.07, 6.45) is 1.33. The highest BCUT2D eigenvalue weighted by Gasteiger charge is 2.40.